The maximum Gasteiger partial charge on any atom is 0.416 e. The van der Waals surface area contributed by atoms with Crippen molar-refractivity contribution in [2.24, 2.45) is 0 Å². The third-order valence-electron chi connectivity index (χ3n) is 5.22. The van der Waals surface area contributed by atoms with Gasteiger partial charge in [-0.05, 0) is 44.5 Å². The molecule has 1 saturated heterocycles. The Balaban J connectivity index is 1.44. The summed E-state index contributed by atoms with van der Waals surface area (Å²) in [6.45, 7) is 6.01. The van der Waals surface area contributed by atoms with Crippen molar-refractivity contribution < 1.29 is 13.2 Å². The molecule has 1 aromatic heterocycles. The molecule has 0 bridgehead atoms. The summed E-state index contributed by atoms with van der Waals surface area (Å²) in [5.74, 6) is 0. The molecule has 0 atom stereocenters. The summed E-state index contributed by atoms with van der Waals surface area (Å²) in [6, 6.07) is 5.47. The Hall–Kier alpha value is -2.55. The number of hydrogen-bond donors (Lipinski definition) is 1. The van der Waals surface area contributed by atoms with Crippen molar-refractivity contribution >= 4 is 5.69 Å². The van der Waals surface area contributed by atoms with Gasteiger partial charge in [0.05, 0.1) is 5.56 Å². The Bertz CT molecular complexity index is 944. The maximum atomic E-state index is 12.9. The van der Waals surface area contributed by atoms with Gasteiger partial charge in [0.2, 0.25) is 0 Å². The van der Waals surface area contributed by atoms with Gasteiger partial charge in [-0.25, -0.2) is 4.79 Å². The van der Waals surface area contributed by atoms with Gasteiger partial charge in [-0.15, -0.1) is 0 Å². The molecule has 1 fully saturated rings. The lowest BCUT2D eigenvalue weighted by Crippen LogP contribution is -2.46. The van der Waals surface area contributed by atoms with E-state index in [2.05, 4.69) is 9.88 Å². The Labute approximate surface area is 166 Å². The molecular formula is C20H25F3N4O2. The normalized spacial score (nSPS) is 15.7. The highest BCUT2D eigenvalue weighted by atomic mass is 19.4. The highest BCUT2D eigenvalue weighted by molar-refractivity contribution is 5.49. The second kappa shape index (κ2) is 8.86. The largest absolute Gasteiger partial charge is 0.416 e. The first-order chi connectivity index (χ1) is 13.7. The fourth-order valence-electron chi connectivity index (χ4n) is 3.51. The molecule has 2 aromatic rings. The number of alkyl halides is 3. The van der Waals surface area contributed by atoms with Crippen LogP contribution in [0.25, 0.3) is 0 Å². The van der Waals surface area contributed by atoms with Crippen molar-refractivity contribution in [3.63, 3.8) is 0 Å². The average Bonchev–Trinajstić information content (AvgIpc) is 2.69. The minimum atomic E-state index is -4.33. The molecule has 1 aromatic carbocycles. The van der Waals surface area contributed by atoms with Gasteiger partial charge in [-0.2, -0.15) is 13.2 Å². The maximum absolute atomic E-state index is 12.9. The van der Waals surface area contributed by atoms with Gasteiger partial charge in [0, 0.05) is 50.2 Å². The molecule has 0 saturated carbocycles. The first-order valence-electron chi connectivity index (χ1n) is 9.69. The number of unbranched alkanes of at least 4 members (excludes halogenated alkanes) is 1. The SMILES string of the molecule is Cc1cn(CCCCN2CCN(c3cccc(C(F)(F)F)c3)CC2)c(=O)[nH]c1=O. The number of aryl methyl sites for hydroxylation is 2. The quantitative estimate of drug-likeness (QED) is 0.744. The standard InChI is InChI=1S/C20H25F3N4O2/c1-15-14-27(19(29)24-18(15)28)8-3-2-7-25-9-11-26(12-10-25)17-6-4-5-16(13-17)20(21,22)23/h4-6,13-14H,2-3,7-12H2,1H3,(H,24,28,29). The second-order valence-electron chi connectivity index (χ2n) is 7.35. The topological polar surface area (TPSA) is 61.3 Å². The highest BCUT2D eigenvalue weighted by Gasteiger charge is 2.31. The average molecular weight is 410 g/mol. The molecule has 1 aliphatic rings. The number of hydrogen-bond acceptors (Lipinski definition) is 4. The molecule has 158 valence electrons. The summed E-state index contributed by atoms with van der Waals surface area (Å²) in [4.78, 5) is 29.7. The lowest BCUT2D eigenvalue weighted by atomic mass is 10.1. The number of halogens is 3. The Morgan fingerprint density at radius 3 is 2.41 bits per heavy atom. The smallest absolute Gasteiger partial charge is 0.369 e. The zero-order valence-electron chi connectivity index (χ0n) is 16.3. The fourth-order valence-corrected chi connectivity index (χ4v) is 3.51. The van der Waals surface area contributed by atoms with Crippen LogP contribution in [0.4, 0.5) is 18.9 Å². The summed E-state index contributed by atoms with van der Waals surface area (Å²) in [5, 5.41) is 0. The van der Waals surface area contributed by atoms with Gasteiger partial charge in [-0.3, -0.25) is 14.7 Å². The second-order valence-corrected chi connectivity index (χ2v) is 7.35. The van der Waals surface area contributed by atoms with Gasteiger partial charge >= 0.3 is 11.9 Å². The number of rotatable bonds is 6. The van der Waals surface area contributed by atoms with E-state index in [9.17, 15) is 22.8 Å². The molecule has 0 spiro atoms. The third-order valence-corrected chi connectivity index (χ3v) is 5.22. The van der Waals surface area contributed by atoms with Crippen LogP contribution in [0.1, 0.15) is 24.0 Å². The van der Waals surface area contributed by atoms with E-state index in [-0.39, 0.29) is 5.56 Å². The molecule has 0 radical (unpaired) electrons. The molecule has 2 heterocycles. The van der Waals surface area contributed by atoms with Crippen LogP contribution in [0.5, 0.6) is 0 Å². The predicted molar refractivity (Wildman–Crippen MR) is 105 cm³/mol. The van der Waals surface area contributed by atoms with Crippen LogP contribution in [-0.2, 0) is 12.7 Å². The van der Waals surface area contributed by atoms with Crippen LogP contribution in [0.15, 0.2) is 40.1 Å². The summed E-state index contributed by atoms with van der Waals surface area (Å²) in [5.41, 5.74) is -0.257. The van der Waals surface area contributed by atoms with Crippen LogP contribution in [0.2, 0.25) is 0 Å². The summed E-state index contributed by atoms with van der Waals surface area (Å²) in [6.07, 6.45) is -1.05. The highest BCUT2D eigenvalue weighted by Crippen LogP contribution is 2.31. The Kier molecular flexibility index (Phi) is 6.46. The molecule has 29 heavy (non-hydrogen) atoms. The van der Waals surface area contributed by atoms with Crippen LogP contribution in [0, 0.1) is 6.92 Å². The third kappa shape index (κ3) is 5.50. The summed E-state index contributed by atoms with van der Waals surface area (Å²) in [7, 11) is 0. The van der Waals surface area contributed by atoms with Gasteiger partial charge in [0.25, 0.3) is 5.56 Å². The fraction of sp³-hybridized carbons (Fsp3) is 0.500. The van der Waals surface area contributed by atoms with Crippen molar-refractivity contribution in [3.8, 4) is 0 Å². The molecule has 3 rings (SSSR count). The van der Waals surface area contributed by atoms with E-state index in [4.69, 9.17) is 0 Å². The minimum absolute atomic E-state index is 0.357. The number of anilines is 1. The number of nitrogens with one attached hydrogen (secondary N) is 1. The molecule has 1 aliphatic heterocycles. The van der Waals surface area contributed by atoms with E-state index in [1.165, 1.54) is 16.7 Å². The molecule has 1 N–H and O–H groups in total. The predicted octanol–water partition coefficient (Wildman–Crippen LogP) is 2.47. The van der Waals surface area contributed by atoms with E-state index < -0.39 is 17.4 Å². The lowest BCUT2D eigenvalue weighted by molar-refractivity contribution is -0.137. The van der Waals surface area contributed by atoms with E-state index >= 15 is 0 Å². The van der Waals surface area contributed by atoms with Crippen molar-refractivity contribution in [1.29, 1.82) is 0 Å². The Morgan fingerprint density at radius 2 is 1.72 bits per heavy atom. The van der Waals surface area contributed by atoms with Gasteiger partial charge in [0.15, 0.2) is 0 Å². The number of aromatic nitrogens is 2. The van der Waals surface area contributed by atoms with Gasteiger partial charge in [-0.1, -0.05) is 6.07 Å². The molecule has 0 amide bonds. The lowest BCUT2D eigenvalue weighted by Gasteiger charge is -2.36. The van der Waals surface area contributed by atoms with Gasteiger partial charge < -0.3 is 9.47 Å². The number of aromatic amines is 1. The zero-order valence-corrected chi connectivity index (χ0v) is 16.3. The van der Waals surface area contributed by atoms with E-state index in [0.29, 0.717) is 30.9 Å². The zero-order chi connectivity index (χ0) is 21.0. The number of benzene rings is 1. The van der Waals surface area contributed by atoms with Crippen LogP contribution >= 0.6 is 0 Å². The molecular weight excluding hydrogens is 385 g/mol. The Morgan fingerprint density at radius 1 is 1.03 bits per heavy atom. The molecule has 0 aliphatic carbocycles. The minimum Gasteiger partial charge on any atom is -0.369 e. The van der Waals surface area contributed by atoms with Crippen LogP contribution in [0.3, 0.4) is 0 Å². The molecule has 6 nitrogen and oxygen atoms in total. The monoisotopic (exact) mass is 410 g/mol. The van der Waals surface area contributed by atoms with E-state index in [1.807, 2.05) is 4.90 Å². The molecule has 9 heteroatoms. The van der Waals surface area contributed by atoms with Crippen LogP contribution in [-0.4, -0.2) is 47.2 Å². The van der Waals surface area contributed by atoms with Crippen molar-refractivity contribution in [2.45, 2.75) is 32.5 Å². The van der Waals surface area contributed by atoms with E-state index in [1.54, 1.807) is 19.2 Å². The van der Waals surface area contributed by atoms with E-state index in [0.717, 1.165) is 38.5 Å². The van der Waals surface area contributed by atoms with Gasteiger partial charge in [0.1, 0.15) is 0 Å². The number of piperazine rings is 1. The van der Waals surface area contributed by atoms with Crippen LogP contribution < -0.4 is 16.1 Å². The van der Waals surface area contributed by atoms with Crippen molar-refractivity contribution in [1.82, 2.24) is 14.5 Å². The first kappa shape index (κ1) is 21.2. The number of nitrogens with zero attached hydrogens (tertiary/aromatic N) is 3. The van der Waals surface area contributed by atoms with Crippen molar-refractivity contribution in [3.05, 3.63) is 62.4 Å². The number of H-pyrrole nitrogens is 1. The first-order valence-corrected chi connectivity index (χ1v) is 9.69. The molecule has 0 unspecified atom stereocenters. The summed E-state index contributed by atoms with van der Waals surface area (Å²) >= 11 is 0. The summed E-state index contributed by atoms with van der Waals surface area (Å²) < 4.78 is 40.2. The van der Waals surface area contributed by atoms with Crippen molar-refractivity contribution in [2.75, 3.05) is 37.6 Å².